The number of hydrogen-bond acceptors (Lipinski definition) is 5. The summed E-state index contributed by atoms with van der Waals surface area (Å²) >= 11 is 0. The van der Waals surface area contributed by atoms with Crippen LogP contribution in [0, 0.1) is 10.1 Å². The minimum atomic E-state index is -0.415. The number of nitrogens with two attached hydrogens (primary N) is 1. The molecule has 3 aromatic rings. The highest BCUT2D eigenvalue weighted by Crippen LogP contribution is 2.21. The lowest BCUT2D eigenvalue weighted by molar-refractivity contribution is -0.384. The zero-order valence-corrected chi connectivity index (χ0v) is 10.4. The summed E-state index contributed by atoms with van der Waals surface area (Å²) in [6, 6.07) is 8.25. The maximum absolute atomic E-state index is 10.8. The number of nitrogens with zero attached hydrogens (tertiary/aromatic N) is 4. The molecule has 0 aliphatic rings. The molecule has 0 radical (unpaired) electrons. The maximum atomic E-state index is 10.8. The number of anilines is 1. The molecule has 7 nitrogen and oxygen atoms in total. The van der Waals surface area contributed by atoms with Crippen LogP contribution in [0.1, 0.15) is 5.56 Å². The third kappa shape index (κ3) is 2.16. The second-order valence-corrected chi connectivity index (χ2v) is 4.39. The molecule has 1 aromatic carbocycles. The van der Waals surface area contributed by atoms with Crippen molar-refractivity contribution >= 4 is 22.4 Å². The Morgan fingerprint density at radius 3 is 2.80 bits per heavy atom. The fourth-order valence-electron chi connectivity index (χ4n) is 2.00. The van der Waals surface area contributed by atoms with Crippen LogP contribution in [0.15, 0.2) is 42.7 Å². The monoisotopic (exact) mass is 269 g/mol. The standard InChI is InChI=1S/C13H11N5O2/c14-13-4-1-9(6-15-13)8-17-12-5-11(18(19)20)3-2-10(12)7-16-17/h1-7H,8H2,(H2,14,15). The first-order valence-electron chi connectivity index (χ1n) is 5.94. The first-order valence-corrected chi connectivity index (χ1v) is 5.94. The van der Waals surface area contributed by atoms with Gasteiger partial charge < -0.3 is 5.73 Å². The van der Waals surface area contributed by atoms with Gasteiger partial charge in [0.05, 0.1) is 23.2 Å². The minimum Gasteiger partial charge on any atom is -0.384 e. The SMILES string of the molecule is Nc1ccc(Cn2ncc3ccc([N+](=O)[O-])cc32)cn1. The number of fused-ring (bicyclic) bond motifs is 1. The van der Waals surface area contributed by atoms with E-state index in [-0.39, 0.29) is 5.69 Å². The summed E-state index contributed by atoms with van der Waals surface area (Å²) in [5, 5.41) is 15.9. The summed E-state index contributed by atoms with van der Waals surface area (Å²) in [5.41, 5.74) is 7.23. The molecule has 7 heteroatoms. The van der Waals surface area contributed by atoms with Crippen molar-refractivity contribution in [1.82, 2.24) is 14.8 Å². The van der Waals surface area contributed by atoms with Gasteiger partial charge in [0, 0.05) is 23.7 Å². The van der Waals surface area contributed by atoms with E-state index in [9.17, 15) is 10.1 Å². The van der Waals surface area contributed by atoms with Crippen LogP contribution in [-0.2, 0) is 6.54 Å². The van der Waals surface area contributed by atoms with Crippen LogP contribution in [0.2, 0.25) is 0 Å². The van der Waals surface area contributed by atoms with Crippen molar-refractivity contribution in [2.75, 3.05) is 5.73 Å². The number of pyridine rings is 1. The van der Waals surface area contributed by atoms with E-state index in [1.54, 1.807) is 29.2 Å². The smallest absolute Gasteiger partial charge is 0.271 e. The molecule has 0 fully saturated rings. The van der Waals surface area contributed by atoms with Gasteiger partial charge in [-0.15, -0.1) is 0 Å². The Balaban J connectivity index is 2.00. The topological polar surface area (TPSA) is 99.9 Å². The summed E-state index contributed by atoms with van der Waals surface area (Å²) in [7, 11) is 0. The molecule has 0 aliphatic carbocycles. The maximum Gasteiger partial charge on any atom is 0.271 e. The van der Waals surface area contributed by atoms with E-state index in [1.165, 1.54) is 12.1 Å². The lowest BCUT2D eigenvalue weighted by Crippen LogP contribution is -2.02. The Bertz CT molecular complexity index is 779. The van der Waals surface area contributed by atoms with Crippen LogP contribution >= 0.6 is 0 Å². The lowest BCUT2D eigenvalue weighted by Gasteiger charge is -2.04. The number of nitro groups is 1. The molecule has 0 spiro atoms. The molecule has 3 rings (SSSR count). The van der Waals surface area contributed by atoms with E-state index in [0.717, 1.165) is 16.5 Å². The van der Waals surface area contributed by atoms with Crippen LogP contribution in [0.25, 0.3) is 10.9 Å². The van der Waals surface area contributed by atoms with E-state index in [0.29, 0.717) is 12.4 Å². The van der Waals surface area contributed by atoms with Gasteiger partial charge in [0.1, 0.15) is 5.82 Å². The third-order valence-electron chi connectivity index (χ3n) is 3.02. The summed E-state index contributed by atoms with van der Waals surface area (Å²) in [4.78, 5) is 14.4. The number of hydrogen-bond donors (Lipinski definition) is 1. The number of non-ortho nitro benzene ring substituents is 1. The van der Waals surface area contributed by atoms with Crippen molar-refractivity contribution in [1.29, 1.82) is 0 Å². The molecule has 2 heterocycles. The van der Waals surface area contributed by atoms with Crippen LogP contribution in [0.5, 0.6) is 0 Å². The van der Waals surface area contributed by atoms with E-state index in [4.69, 9.17) is 5.73 Å². The van der Waals surface area contributed by atoms with Gasteiger partial charge in [-0.1, -0.05) is 6.07 Å². The van der Waals surface area contributed by atoms with Gasteiger partial charge in [-0.05, 0) is 17.7 Å². The normalized spacial score (nSPS) is 10.8. The highest BCUT2D eigenvalue weighted by atomic mass is 16.6. The zero-order chi connectivity index (χ0) is 14.1. The molecule has 0 aliphatic heterocycles. The minimum absolute atomic E-state index is 0.0506. The Labute approximate surface area is 113 Å². The molecule has 0 bridgehead atoms. The number of nitrogen functional groups attached to an aromatic ring is 1. The second kappa shape index (κ2) is 4.61. The lowest BCUT2D eigenvalue weighted by atomic mass is 10.2. The second-order valence-electron chi connectivity index (χ2n) is 4.39. The van der Waals surface area contributed by atoms with Gasteiger partial charge in [0.15, 0.2) is 0 Å². The van der Waals surface area contributed by atoms with Crippen molar-refractivity contribution in [2.45, 2.75) is 6.54 Å². The molecule has 2 N–H and O–H groups in total. The molecule has 0 saturated carbocycles. The zero-order valence-electron chi connectivity index (χ0n) is 10.4. The first kappa shape index (κ1) is 12.1. The largest absolute Gasteiger partial charge is 0.384 e. The Kier molecular flexibility index (Phi) is 2.79. The van der Waals surface area contributed by atoms with Crippen molar-refractivity contribution in [3.05, 3.63) is 58.4 Å². The van der Waals surface area contributed by atoms with Crippen LogP contribution in [0.4, 0.5) is 11.5 Å². The molecule has 100 valence electrons. The predicted molar refractivity (Wildman–Crippen MR) is 74.1 cm³/mol. The van der Waals surface area contributed by atoms with Crippen molar-refractivity contribution in [3.63, 3.8) is 0 Å². The van der Waals surface area contributed by atoms with Crippen LogP contribution in [0.3, 0.4) is 0 Å². The predicted octanol–water partition coefficient (Wildman–Crippen LogP) is 1.97. The molecular weight excluding hydrogens is 258 g/mol. The average molecular weight is 269 g/mol. The Morgan fingerprint density at radius 2 is 2.10 bits per heavy atom. The molecule has 0 amide bonds. The van der Waals surface area contributed by atoms with E-state index in [1.807, 2.05) is 6.07 Å². The number of aromatic nitrogens is 3. The van der Waals surface area contributed by atoms with Gasteiger partial charge in [-0.25, -0.2) is 4.98 Å². The van der Waals surface area contributed by atoms with Crippen molar-refractivity contribution < 1.29 is 4.92 Å². The summed E-state index contributed by atoms with van der Waals surface area (Å²) in [5.74, 6) is 0.453. The molecule has 2 aromatic heterocycles. The molecule has 0 saturated heterocycles. The van der Waals surface area contributed by atoms with E-state index >= 15 is 0 Å². The van der Waals surface area contributed by atoms with Gasteiger partial charge in [-0.3, -0.25) is 14.8 Å². The Hall–Kier alpha value is -2.96. The van der Waals surface area contributed by atoms with Crippen molar-refractivity contribution in [3.8, 4) is 0 Å². The van der Waals surface area contributed by atoms with Crippen molar-refractivity contribution in [2.24, 2.45) is 0 Å². The molecule has 20 heavy (non-hydrogen) atoms. The molecular formula is C13H11N5O2. The van der Waals surface area contributed by atoms with E-state index < -0.39 is 4.92 Å². The number of benzene rings is 1. The summed E-state index contributed by atoms with van der Waals surface area (Å²) in [6.07, 6.45) is 3.35. The third-order valence-corrected chi connectivity index (χ3v) is 3.02. The summed E-state index contributed by atoms with van der Waals surface area (Å²) < 4.78 is 1.70. The highest BCUT2D eigenvalue weighted by molar-refractivity contribution is 5.81. The average Bonchev–Trinajstić information content (AvgIpc) is 2.84. The van der Waals surface area contributed by atoms with Gasteiger partial charge in [-0.2, -0.15) is 5.10 Å². The fraction of sp³-hybridized carbons (Fsp3) is 0.0769. The van der Waals surface area contributed by atoms with Gasteiger partial charge in [0.2, 0.25) is 0 Å². The number of nitro benzene ring substituents is 1. The van der Waals surface area contributed by atoms with Gasteiger partial charge >= 0.3 is 0 Å². The molecule has 0 unspecified atom stereocenters. The van der Waals surface area contributed by atoms with Gasteiger partial charge in [0.25, 0.3) is 5.69 Å². The Morgan fingerprint density at radius 1 is 1.25 bits per heavy atom. The number of rotatable bonds is 3. The van der Waals surface area contributed by atoms with E-state index in [2.05, 4.69) is 10.1 Å². The highest BCUT2D eigenvalue weighted by Gasteiger charge is 2.10. The van der Waals surface area contributed by atoms with Crippen LogP contribution in [-0.4, -0.2) is 19.7 Å². The summed E-state index contributed by atoms with van der Waals surface area (Å²) in [6.45, 7) is 0.484. The van der Waals surface area contributed by atoms with Crippen LogP contribution < -0.4 is 5.73 Å². The fourth-order valence-corrected chi connectivity index (χ4v) is 2.00. The quantitative estimate of drug-likeness (QED) is 0.578. The first-order chi connectivity index (χ1) is 9.63. The molecule has 0 atom stereocenters.